The van der Waals surface area contributed by atoms with Gasteiger partial charge in [-0.05, 0) is 37.0 Å². The zero-order valence-corrected chi connectivity index (χ0v) is 13.7. The summed E-state index contributed by atoms with van der Waals surface area (Å²) in [6, 6.07) is 6.12. The number of alkyl halides is 1. The van der Waals surface area contributed by atoms with E-state index in [9.17, 15) is 0 Å². The van der Waals surface area contributed by atoms with Gasteiger partial charge in [-0.15, -0.1) is 0 Å². The van der Waals surface area contributed by atoms with Crippen molar-refractivity contribution in [1.82, 2.24) is 0 Å². The van der Waals surface area contributed by atoms with Crippen LogP contribution in [0, 0.1) is 0 Å². The molecule has 2 rings (SSSR count). The lowest BCUT2D eigenvalue weighted by Crippen LogP contribution is -2.40. The lowest BCUT2D eigenvalue weighted by atomic mass is 10.1. The van der Waals surface area contributed by atoms with E-state index in [0.717, 1.165) is 36.5 Å². The molecule has 0 radical (unpaired) electrons. The molecule has 1 fully saturated rings. The number of hydrogen-bond donors (Lipinski definition) is 0. The molecule has 1 heterocycles. The molecule has 0 N–H and O–H groups in total. The van der Waals surface area contributed by atoms with Crippen molar-refractivity contribution >= 4 is 33.2 Å². The fourth-order valence-corrected chi connectivity index (χ4v) is 3.16. The Hall–Kier alpha value is -0.250. The van der Waals surface area contributed by atoms with Gasteiger partial charge in [0.2, 0.25) is 0 Å². The van der Waals surface area contributed by atoms with E-state index in [1.807, 2.05) is 6.07 Å². The van der Waals surface area contributed by atoms with E-state index in [1.165, 1.54) is 24.1 Å². The maximum absolute atomic E-state index is 6.14. The Morgan fingerprint density at radius 3 is 3.05 bits per heavy atom. The van der Waals surface area contributed by atoms with E-state index < -0.39 is 0 Å². The smallest absolute Gasteiger partial charge is 0.0750 e. The second-order valence-corrected chi connectivity index (χ2v) is 5.98. The van der Waals surface area contributed by atoms with Crippen molar-refractivity contribution in [2.45, 2.75) is 37.6 Å². The van der Waals surface area contributed by atoms with Gasteiger partial charge in [-0.3, -0.25) is 0 Å². The monoisotopic (exact) mass is 345 g/mol. The molecule has 1 aromatic carbocycles. The fourth-order valence-electron chi connectivity index (χ4n) is 2.52. The maximum Gasteiger partial charge on any atom is 0.0750 e. The van der Waals surface area contributed by atoms with Gasteiger partial charge in [0.1, 0.15) is 0 Å². The first-order valence-corrected chi connectivity index (χ1v) is 8.45. The van der Waals surface area contributed by atoms with Gasteiger partial charge in [0.15, 0.2) is 0 Å². The molecule has 1 saturated heterocycles. The van der Waals surface area contributed by atoms with Crippen molar-refractivity contribution < 1.29 is 4.74 Å². The lowest BCUT2D eigenvalue weighted by Gasteiger charge is -2.35. The van der Waals surface area contributed by atoms with E-state index in [4.69, 9.17) is 16.3 Å². The van der Waals surface area contributed by atoms with Gasteiger partial charge in [-0.25, -0.2) is 0 Å². The van der Waals surface area contributed by atoms with Gasteiger partial charge in [0.25, 0.3) is 0 Å². The standard InChI is InChI=1S/C15H21BrClNO/c1-2-8-19-14-4-3-7-18(11-14)15-9-13(17)6-5-12(15)10-16/h5-6,9,14H,2-4,7-8,10-11H2,1H3. The average molecular weight is 347 g/mol. The second kappa shape index (κ2) is 7.51. The highest BCUT2D eigenvalue weighted by atomic mass is 79.9. The number of hydrogen-bond acceptors (Lipinski definition) is 2. The molecule has 1 unspecified atom stereocenters. The Labute approximate surface area is 129 Å². The number of piperidine rings is 1. The summed E-state index contributed by atoms with van der Waals surface area (Å²) in [5, 5.41) is 1.66. The van der Waals surface area contributed by atoms with E-state index >= 15 is 0 Å². The normalized spacial score (nSPS) is 19.7. The molecule has 0 amide bonds. The molecule has 0 aromatic heterocycles. The van der Waals surface area contributed by atoms with E-state index in [0.29, 0.717) is 6.10 Å². The topological polar surface area (TPSA) is 12.5 Å². The zero-order valence-electron chi connectivity index (χ0n) is 11.4. The highest BCUT2D eigenvalue weighted by molar-refractivity contribution is 9.08. The van der Waals surface area contributed by atoms with Crippen molar-refractivity contribution in [3.8, 4) is 0 Å². The Morgan fingerprint density at radius 1 is 1.47 bits per heavy atom. The summed E-state index contributed by atoms with van der Waals surface area (Å²) in [7, 11) is 0. The maximum atomic E-state index is 6.14. The minimum atomic E-state index is 0.357. The van der Waals surface area contributed by atoms with Crippen molar-refractivity contribution in [3.63, 3.8) is 0 Å². The molecule has 1 aliphatic heterocycles. The molecule has 1 atom stereocenters. The number of anilines is 1. The summed E-state index contributed by atoms with van der Waals surface area (Å²) in [5.41, 5.74) is 2.54. The van der Waals surface area contributed by atoms with Crippen LogP contribution in [0.15, 0.2) is 18.2 Å². The minimum absolute atomic E-state index is 0.357. The predicted octanol–water partition coefficient (Wildman–Crippen LogP) is 4.63. The number of nitrogens with zero attached hydrogens (tertiary/aromatic N) is 1. The van der Waals surface area contributed by atoms with Gasteiger partial charge in [0.05, 0.1) is 6.10 Å². The summed E-state index contributed by atoms with van der Waals surface area (Å²) < 4.78 is 5.90. The number of rotatable bonds is 5. The predicted molar refractivity (Wildman–Crippen MR) is 85.6 cm³/mol. The molecule has 0 aliphatic carbocycles. The van der Waals surface area contributed by atoms with Crippen LogP contribution in [0.3, 0.4) is 0 Å². The van der Waals surface area contributed by atoms with Crippen LogP contribution in [-0.2, 0) is 10.1 Å². The first-order chi connectivity index (χ1) is 9.24. The Morgan fingerprint density at radius 2 is 2.32 bits per heavy atom. The highest BCUT2D eigenvalue weighted by Gasteiger charge is 2.22. The molecule has 1 aliphatic rings. The van der Waals surface area contributed by atoms with E-state index in [-0.39, 0.29) is 0 Å². The summed E-state index contributed by atoms with van der Waals surface area (Å²) >= 11 is 9.70. The molecule has 2 nitrogen and oxygen atoms in total. The first kappa shape index (κ1) is 15.1. The quantitative estimate of drug-likeness (QED) is 0.721. The molecule has 0 spiro atoms. The van der Waals surface area contributed by atoms with Crippen LogP contribution in [0.4, 0.5) is 5.69 Å². The van der Waals surface area contributed by atoms with Gasteiger partial charge in [0, 0.05) is 35.7 Å². The van der Waals surface area contributed by atoms with E-state index in [1.54, 1.807) is 0 Å². The minimum Gasteiger partial charge on any atom is -0.376 e. The Balaban J connectivity index is 2.10. The van der Waals surface area contributed by atoms with Crippen LogP contribution >= 0.6 is 27.5 Å². The highest BCUT2D eigenvalue weighted by Crippen LogP contribution is 2.29. The van der Waals surface area contributed by atoms with Crippen molar-refractivity contribution in [1.29, 1.82) is 0 Å². The van der Waals surface area contributed by atoms with Gasteiger partial charge < -0.3 is 9.64 Å². The van der Waals surface area contributed by atoms with Crippen molar-refractivity contribution in [3.05, 3.63) is 28.8 Å². The molecule has 19 heavy (non-hydrogen) atoms. The third-order valence-corrected chi connectivity index (χ3v) is 4.31. The zero-order chi connectivity index (χ0) is 13.7. The fraction of sp³-hybridized carbons (Fsp3) is 0.600. The van der Waals surface area contributed by atoms with Crippen LogP contribution in [0.5, 0.6) is 0 Å². The van der Waals surface area contributed by atoms with Crippen molar-refractivity contribution in [2.24, 2.45) is 0 Å². The van der Waals surface area contributed by atoms with Crippen LogP contribution in [-0.4, -0.2) is 25.8 Å². The summed E-state index contributed by atoms with van der Waals surface area (Å²) in [5.74, 6) is 0. The molecular formula is C15H21BrClNO. The molecule has 106 valence electrons. The third kappa shape index (κ3) is 4.11. The Bertz CT molecular complexity index is 413. The van der Waals surface area contributed by atoms with Crippen LogP contribution < -0.4 is 4.90 Å². The third-order valence-electron chi connectivity index (χ3n) is 3.47. The van der Waals surface area contributed by atoms with Crippen molar-refractivity contribution in [2.75, 3.05) is 24.6 Å². The average Bonchev–Trinajstić information content (AvgIpc) is 2.45. The molecule has 0 saturated carbocycles. The largest absolute Gasteiger partial charge is 0.376 e. The summed E-state index contributed by atoms with van der Waals surface area (Å²) in [4.78, 5) is 2.41. The molecular weight excluding hydrogens is 326 g/mol. The van der Waals surface area contributed by atoms with Gasteiger partial charge >= 0.3 is 0 Å². The van der Waals surface area contributed by atoms with Crippen LogP contribution in [0.1, 0.15) is 31.7 Å². The van der Waals surface area contributed by atoms with Crippen LogP contribution in [0.2, 0.25) is 5.02 Å². The SMILES string of the molecule is CCCOC1CCCN(c2cc(Cl)ccc2CBr)C1. The lowest BCUT2D eigenvalue weighted by molar-refractivity contribution is 0.0440. The first-order valence-electron chi connectivity index (χ1n) is 6.95. The molecule has 4 heteroatoms. The number of benzene rings is 1. The van der Waals surface area contributed by atoms with Gasteiger partial charge in [-0.2, -0.15) is 0 Å². The van der Waals surface area contributed by atoms with E-state index in [2.05, 4.69) is 39.9 Å². The van der Waals surface area contributed by atoms with Gasteiger partial charge in [-0.1, -0.05) is 40.5 Å². The summed E-state index contributed by atoms with van der Waals surface area (Å²) in [6.07, 6.45) is 3.79. The van der Waals surface area contributed by atoms with Crippen LogP contribution in [0.25, 0.3) is 0 Å². The second-order valence-electron chi connectivity index (χ2n) is 4.99. The summed E-state index contributed by atoms with van der Waals surface area (Å²) in [6.45, 7) is 5.08. The molecule has 0 bridgehead atoms. The molecule has 1 aromatic rings. The Kier molecular flexibility index (Phi) is 5.99. The number of ether oxygens (including phenoxy) is 1. The number of halogens is 2.